The first-order chi connectivity index (χ1) is 3.80. The number of aromatic amines is 1. The first kappa shape index (κ1) is 8.04. The maximum atomic E-state index is 10.4. The Morgan fingerprint density at radius 3 is 2.56 bits per heavy atom. The molecule has 0 aromatic carbocycles. The zero-order valence-corrected chi connectivity index (χ0v) is 5.44. The number of halogens is 1. The summed E-state index contributed by atoms with van der Waals surface area (Å²) in [6.45, 7) is 0. The maximum absolute atomic E-state index is 10.4. The second-order valence-electron chi connectivity index (χ2n) is 1.45. The number of nitrogens with two attached hydrogens (primary N) is 1. The molecule has 0 unspecified atom stereocenters. The summed E-state index contributed by atoms with van der Waals surface area (Å²) in [6, 6.07) is 3.23. The van der Waals surface area contributed by atoms with E-state index in [-0.39, 0.29) is 23.7 Å². The predicted octanol–water partition coefficient (Wildman–Crippen LogP) is 0.379. The van der Waals surface area contributed by atoms with Crippen LogP contribution < -0.4 is 11.3 Å². The van der Waals surface area contributed by atoms with Gasteiger partial charge in [-0.15, -0.1) is 12.4 Å². The van der Waals surface area contributed by atoms with Crippen LogP contribution in [0, 0.1) is 0 Å². The van der Waals surface area contributed by atoms with Gasteiger partial charge in [0.1, 0.15) is 0 Å². The summed E-state index contributed by atoms with van der Waals surface area (Å²) in [5, 5.41) is 0. The average Bonchev–Trinajstić information content (AvgIpc) is 1.77. The Balaban J connectivity index is 0.000000640. The number of hydrogen-bond donors (Lipinski definition) is 2. The van der Waals surface area contributed by atoms with E-state index in [1.54, 1.807) is 18.3 Å². The van der Waals surface area contributed by atoms with E-state index in [1.165, 1.54) is 0 Å². The lowest BCUT2D eigenvalue weighted by Gasteiger charge is -1.84. The van der Waals surface area contributed by atoms with E-state index in [1.807, 2.05) is 0 Å². The molecule has 3 nitrogen and oxygen atoms in total. The molecule has 3 N–H and O–H groups in total. The summed E-state index contributed by atoms with van der Waals surface area (Å²) >= 11 is 0. The third-order valence-corrected chi connectivity index (χ3v) is 0.849. The Labute approximate surface area is 58.3 Å². The van der Waals surface area contributed by atoms with Gasteiger partial charge in [-0.25, -0.2) is 0 Å². The molecule has 50 valence electrons. The number of aromatic nitrogens is 1. The van der Waals surface area contributed by atoms with Gasteiger partial charge in [0.05, 0.1) is 5.69 Å². The minimum Gasteiger partial charge on any atom is -0.394 e. The van der Waals surface area contributed by atoms with Crippen LogP contribution in [0.5, 0.6) is 0 Å². The molecular weight excluding hydrogens is 140 g/mol. The highest BCUT2D eigenvalue weighted by molar-refractivity contribution is 5.85. The largest absolute Gasteiger partial charge is 0.394 e. The number of nitrogen functional groups attached to an aromatic ring is 1. The summed E-state index contributed by atoms with van der Waals surface area (Å²) < 4.78 is 0. The highest BCUT2D eigenvalue weighted by atomic mass is 35.5. The van der Waals surface area contributed by atoms with Gasteiger partial charge in [-0.05, 0) is 12.1 Å². The Morgan fingerprint density at radius 1 is 1.56 bits per heavy atom. The summed E-state index contributed by atoms with van der Waals surface area (Å²) in [7, 11) is 0. The van der Waals surface area contributed by atoms with E-state index in [9.17, 15) is 4.79 Å². The zero-order chi connectivity index (χ0) is 5.98. The summed E-state index contributed by atoms with van der Waals surface area (Å²) in [5.41, 5.74) is 5.20. The minimum absolute atomic E-state index is 0. The van der Waals surface area contributed by atoms with Crippen molar-refractivity contribution < 1.29 is 0 Å². The van der Waals surface area contributed by atoms with Gasteiger partial charge in [-0.3, -0.25) is 4.79 Å². The number of nitrogens with one attached hydrogen (secondary N) is 1. The van der Waals surface area contributed by atoms with Crippen molar-refractivity contribution in [1.29, 1.82) is 0 Å². The molecule has 1 aromatic rings. The molecule has 0 saturated heterocycles. The van der Waals surface area contributed by atoms with Gasteiger partial charge in [0, 0.05) is 6.20 Å². The molecule has 0 atom stereocenters. The van der Waals surface area contributed by atoms with Gasteiger partial charge in [0.2, 0.25) is 0 Å². The Hall–Kier alpha value is -0.960. The highest BCUT2D eigenvalue weighted by Crippen LogP contribution is 1.84. The van der Waals surface area contributed by atoms with Gasteiger partial charge in [-0.1, -0.05) is 0 Å². The lowest BCUT2D eigenvalue weighted by molar-refractivity contribution is 1.24. The Morgan fingerprint density at radius 2 is 2.22 bits per heavy atom. The van der Waals surface area contributed by atoms with Crippen LogP contribution in [0.15, 0.2) is 23.1 Å². The van der Waals surface area contributed by atoms with E-state index in [0.29, 0.717) is 0 Å². The molecule has 0 aliphatic rings. The number of hydrogen-bond acceptors (Lipinski definition) is 2. The molecule has 1 heterocycles. The number of H-pyrrole nitrogens is 1. The lowest BCUT2D eigenvalue weighted by atomic mass is 10.4. The summed E-state index contributed by atoms with van der Waals surface area (Å²) in [4.78, 5) is 12.9. The standard InChI is InChI=1S/C5H6N2O.ClH/c6-4-2-1-3-7-5(4)8;/h1-3H,6H2,(H,7,8);1H. The number of anilines is 1. The number of rotatable bonds is 0. The van der Waals surface area contributed by atoms with Crippen molar-refractivity contribution in [3.63, 3.8) is 0 Å². The smallest absolute Gasteiger partial charge is 0.271 e. The molecule has 0 fully saturated rings. The van der Waals surface area contributed by atoms with Gasteiger partial charge < -0.3 is 10.7 Å². The van der Waals surface area contributed by atoms with Gasteiger partial charge in [0.25, 0.3) is 5.56 Å². The van der Waals surface area contributed by atoms with Crippen molar-refractivity contribution >= 4 is 18.1 Å². The third-order valence-electron chi connectivity index (χ3n) is 0.849. The van der Waals surface area contributed by atoms with Crippen molar-refractivity contribution in [3.05, 3.63) is 28.7 Å². The zero-order valence-electron chi connectivity index (χ0n) is 4.63. The van der Waals surface area contributed by atoms with Gasteiger partial charge >= 0.3 is 0 Å². The molecule has 1 aromatic heterocycles. The molecule has 0 aliphatic carbocycles. The molecule has 0 spiro atoms. The number of pyridine rings is 1. The Kier molecular flexibility index (Phi) is 2.81. The molecule has 0 amide bonds. The first-order valence-electron chi connectivity index (χ1n) is 2.24. The molecular formula is C5H7ClN2O. The fraction of sp³-hybridized carbons (Fsp3) is 0. The molecule has 0 bridgehead atoms. The van der Waals surface area contributed by atoms with E-state index < -0.39 is 0 Å². The molecule has 0 radical (unpaired) electrons. The Bertz CT molecular complexity index is 232. The van der Waals surface area contributed by atoms with Crippen LogP contribution in [0.1, 0.15) is 0 Å². The van der Waals surface area contributed by atoms with Crippen LogP contribution in [-0.4, -0.2) is 4.98 Å². The van der Waals surface area contributed by atoms with Crippen LogP contribution in [-0.2, 0) is 0 Å². The molecule has 0 saturated carbocycles. The van der Waals surface area contributed by atoms with E-state index >= 15 is 0 Å². The quantitative estimate of drug-likeness (QED) is 0.556. The molecule has 4 heteroatoms. The maximum Gasteiger partial charge on any atom is 0.271 e. The van der Waals surface area contributed by atoms with Crippen LogP contribution in [0.25, 0.3) is 0 Å². The third kappa shape index (κ3) is 1.77. The fourth-order valence-corrected chi connectivity index (χ4v) is 0.435. The van der Waals surface area contributed by atoms with Gasteiger partial charge in [-0.2, -0.15) is 0 Å². The van der Waals surface area contributed by atoms with Crippen molar-refractivity contribution in [1.82, 2.24) is 4.98 Å². The van der Waals surface area contributed by atoms with E-state index in [4.69, 9.17) is 5.73 Å². The van der Waals surface area contributed by atoms with Crippen LogP contribution in [0.2, 0.25) is 0 Å². The van der Waals surface area contributed by atoms with E-state index in [0.717, 1.165) is 0 Å². The molecule has 0 aliphatic heterocycles. The lowest BCUT2D eigenvalue weighted by Crippen LogP contribution is -2.08. The summed E-state index contributed by atoms with van der Waals surface area (Å²) in [5.74, 6) is 0. The predicted molar refractivity (Wildman–Crippen MR) is 38.7 cm³/mol. The molecule has 1 rings (SSSR count). The highest BCUT2D eigenvalue weighted by Gasteiger charge is 1.84. The second kappa shape index (κ2) is 3.14. The van der Waals surface area contributed by atoms with Crippen molar-refractivity contribution in [2.45, 2.75) is 0 Å². The molecule has 9 heavy (non-hydrogen) atoms. The van der Waals surface area contributed by atoms with Crippen LogP contribution >= 0.6 is 12.4 Å². The SMILES string of the molecule is Cl.Nc1ccc[nH]c1=O. The monoisotopic (exact) mass is 146 g/mol. The van der Waals surface area contributed by atoms with E-state index in [2.05, 4.69) is 4.98 Å². The summed E-state index contributed by atoms with van der Waals surface area (Å²) in [6.07, 6.45) is 1.54. The van der Waals surface area contributed by atoms with Crippen LogP contribution in [0.3, 0.4) is 0 Å². The van der Waals surface area contributed by atoms with Gasteiger partial charge in [0.15, 0.2) is 0 Å². The van der Waals surface area contributed by atoms with Crippen molar-refractivity contribution in [2.24, 2.45) is 0 Å². The van der Waals surface area contributed by atoms with Crippen LogP contribution in [0.4, 0.5) is 5.69 Å². The van der Waals surface area contributed by atoms with Crippen molar-refractivity contribution in [2.75, 3.05) is 5.73 Å². The first-order valence-corrected chi connectivity index (χ1v) is 2.24. The topological polar surface area (TPSA) is 58.9 Å². The fourth-order valence-electron chi connectivity index (χ4n) is 0.435. The normalized spacial score (nSPS) is 8.00. The average molecular weight is 147 g/mol. The second-order valence-corrected chi connectivity index (χ2v) is 1.45. The minimum atomic E-state index is -0.229. The van der Waals surface area contributed by atoms with Crippen molar-refractivity contribution in [3.8, 4) is 0 Å².